The monoisotopic (exact) mass is 324 g/mol. The standard InChI is InChI=1S/C15H11F3N2OS/c16-15(17,18)21-11-6-7-12-13(8-11)22-14(20-12)19-9-10-4-2-1-3-5-10/h1-8H,9H2,(H,19,20). The van der Waals surface area contributed by atoms with Gasteiger partial charge in [0.25, 0.3) is 0 Å². The molecule has 2 aromatic carbocycles. The van der Waals surface area contributed by atoms with Gasteiger partial charge in [0.15, 0.2) is 5.13 Å². The van der Waals surface area contributed by atoms with Crippen molar-refractivity contribution in [3.8, 4) is 5.75 Å². The number of fused-ring (bicyclic) bond motifs is 1. The summed E-state index contributed by atoms with van der Waals surface area (Å²) in [5.41, 5.74) is 1.73. The number of anilines is 1. The molecule has 0 aliphatic heterocycles. The number of nitrogens with one attached hydrogen (secondary N) is 1. The van der Waals surface area contributed by atoms with Gasteiger partial charge >= 0.3 is 6.36 Å². The van der Waals surface area contributed by atoms with Crippen LogP contribution >= 0.6 is 11.3 Å². The third-order valence-corrected chi connectivity index (χ3v) is 3.86. The number of alkyl halides is 3. The van der Waals surface area contributed by atoms with E-state index >= 15 is 0 Å². The average molecular weight is 324 g/mol. The van der Waals surface area contributed by atoms with Crippen LogP contribution in [0.4, 0.5) is 18.3 Å². The van der Waals surface area contributed by atoms with Crippen LogP contribution in [0.5, 0.6) is 5.75 Å². The minimum Gasteiger partial charge on any atom is -0.406 e. The SMILES string of the molecule is FC(F)(F)Oc1ccc2nc(NCc3ccccc3)sc2c1. The van der Waals surface area contributed by atoms with Crippen molar-refractivity contribution in [2.45, 2.75) is 12.9 Å². The molecular formula is C15H11F3N2OS. The maximum atomic E-state index is 12.2. The number of rotatable bonds is 4. The lowest BCUT2D eigenvalue weighted by Crippen LogP contribution is -2.16. The summed E-state index contributed by atoms with van der Waals surface area (Å²) in [6.07, 6.45) is -4.69. The van der Waals surface area contributed by atoms with E-state index < -0.39 is 6.36 Å². The Hall–Kier alpha value is -2.28. The van der Waals surface area contributed by atoms with Gasteiger partial charge in [-0.15, -0.1) is 13.2 Å². The summed E-state index contributed by atoms with van der Waals surface area (Å²) >= 11 is 1.29. The van der Waals surface area contributed by atoms with Gasteiger partial charge in [-0.3, -0.25) is 0 Å². The molecule has 0 aliphatic rings. The summed E-state index contributed by atoms with van der Waals surface area (Å²) in [4.78, 5) is 4.34. The van der Waals surface area contributed by atoms with Crippen molar-refractivity contribution in [3.63, 3.8) is 0 Å². The van der Waals surface area contributed by atoms with Crippen LogP contribution < -0.4 is 10.1 Å². The summed E-state index contributed by atoms with van der Waals surface area (Å²) in [6, 6.07) is 13.9. The van der Waals surface area contributed by atoms with Crippen LogP contribution in [0.25, 0.3) is 10.2 Å². The molecule has 0 saturated heterocycles. The fourth-order valence-corrected chi connectivity index (χ4v) is 2.84. The quantitative estimate of drug-likeness (QED) is 0.748. The number of nitrogens with zero attached hydrogens (tertiary/aromatic N) is 1. The Labute approximate surface area is 128 Å². The highest BCUT2D eigenvalue weighted by atomic mass is 32.1. The van der Waals surface area contributed by atoms with E-state index in [1.807, 2.05) is 30.3 Å². The van der Waals surface area contributed by atoms with Gasteiger partial charge in [-0.1, -0.05) is 41.7 Å². The molecule has 0 spiro atoms. The lowest BCUT2D eigenvalue weighted by Gasteiger charge is -2.07. The molecule has 3 nitrogen and oxygen atoms in total. The highest BCUT2D eigenvalue weighted by Crippen LogP contribution is 2.31. The molecule has 1 N–H and O–H groups in total. The first-order valence-electron chi connectivity index (χ1n) is 6.44. The van der Waals surface area contributed by atoms with Crippen molar-refractivity contribution in [1.82, 2.24) is 4.98 Å². The van der Waals surface area contributed by atoms with Gasteiger partial charge in [0.05, 0.1) is 10.2 Å². The Bertz CT molecular complexity index is 771. The maximum absolute atomic E-state index is 12.2. The molecule has 1 aromatic heterocycles. The third kappa shape index (κ3) is 3.67. The van der Waals surface area contributed by atoms with E-state index in [9.17, 15) is 13.2 Å². The van der Waals surface area contributed by atoms with Crippen LogP contribution in [0.15, 0.2) is 48.5 Å². The maximum Gasteiger partial charge on any atom is 0.573 e. The number of halogens is 3. The van der Waals surface area contributed by atoms with Gasteiger partial charge in [-0.05, 0) is 17.7 Å². The predicted molar refractivity (Wildman–Crippen MR) is 80.1 cm³/mol. The second kappa shape index (κ2) is 5.84. The minimum atomic E-state index is -4.69. The topological polar surface area (TPSA) is 34.1 Å². The first-order chi connectivity index (χ1) is 10.5. The highest BCUT2D eigenvalue weighted by Gasteiger charge is 2.31. The zero-order valence-corrected chi connectivity index (χ0v) is 12.0. The van der Waals surface area contributed by atoms with Crippen LogP contribution in [-0.4, -0.2) is 11.3 Å². The zero-order valence-electron chi connectivity index (χ0n) is 11.2. The molecule has 0 fully saturated rings. The van der Waals surface area contributed by atoms with Crippen molar-refractivity contribution < 1.29 is 17.9 Å². The van der Waals surface area contributed by atoms with Gasteiger partial charge in [-0.25, -0.2) is 4.98 Å². The van der Waals surface area contributed by atoms with Crippen LogP contribution in [0.2, 0.25) is 0 Å². The van der Waals surface area contributed by atoms with Gasteiger partial charge in [-0.2, -0.15) is 0 Å². The Morgan fingerprint density at radius 3 is 2.59 bits per heavy atom. The highest BCUT2D eigenvalue weighted by molar-refractivity contribution is 7.22. The van der Waals surface area contributed by atoms with Crippen molar-refractivity contribution in [2.24, 2.45) is 0 Å². The Morgan fingerprint density at radius 2 is 1.86 bits per heavy atom. The second-order valence-electron chi connectivity index (χ2n) is 4.54. The molecule has 22 heavy (non-hydrogen) atoms. The fraction of sp³-hybridized carbons (Fsp3) is 0.133. The normalized spacial score (nSPS) is 11.6. The molecule has 3 aromatic rings. The molecule has 0 saturated carbocycles. The molecule has 0 aliphatic carbocycles. The Kier molecular flexibility index (Phi) is 3.89. The molecule has 3 rings (SSSR count). The third-order valence-electron chi connectivity index (χ3n) is 2.88. The molecule has 0 atom stereocenters. The van der Waals surface area contributed by atoms with E-state index in [1.54, 1.807) is 0 Å². The number of thiazole rings is 1. The van der Waals surface area contributed by atoms with Crippen molar-refractivity contribution in [2.75, 3.05) is 5.32 Å². The van der Waals surface area contributed by atoms with Crippen molar-refractivity contribution in [3.05, 3.63) is 54.1 Å². The van der Waals surface area contributed by atoms with Gasteiger partial charge < -0.3 is 10.1 Å². The molecule has 0 amide bonds. The lowest BCUT2D eigenvalue weighted by molar-refractivity contribution is -0.274. The van der Waals surface area contributed by atoms with Crippen molar-refractivity contribution >= 4 is 26.7 Å². The van der Waals surface area contributed by atoms with E-state index in [0.717, 1.165) is 5.56 Å². The number of hydrogen-bond acceptors (Lipinski definition) is 4. The van der Waals surface area contributed by atoms with Crippen LogP contribution in [-0.2, 0) is 6.54 Å². The number of benzene rings is 2. The van der Waals surface area contributed by atoms with Crippen LogP contribution in [0.1, 0.15) is 5.56 Å². The zero-order chi connectivity index (χ0) is 15.6. The van der Waals surface area contributed by atoms with Crippen molar-refractivity contribution in [1.29, 1.82) is 0 Å². The number of hydrogen-bond donors (Lipinski definition) is 1. The summed E-state index contributed by atoms with van der Waals surface area (Å²) in [5.74, 6) is -0.238. The first-order valence-corrected chi connectivity index (χ1v) is 7.25. The van der Waals surface area contributed by atoms with E-state index in [0.29, 0.717) is 21.9 Å². The first kappa shape index (κ1) is 14.6. The van der Waals surface area contributed by atoms with Gasteiger partial charge in [0.1, 0.15) is 5.75 Å². The summed E-state index contributed by atoms with van der Waals surface area (Å²) in [5, 5.41) is 3.82. The molecule has 1 heterocycles. The second-order valence-corrected chi connectivity index (χ2v) is 5.57. The summed E-state index contributed by atoms with van der Waals surface area (Å²) in [7, 11) is 0. The largest absolute Gasteiger partial charge is 0.573 e. The van der Waals surface area contributed by atoms with E-state index in [4.69, 9.17) is 0 Å². The van der Waals surface area contributed by atoms with Crippen LogP contribution in [0, 0.1) is 0 Å². The predicted octanol–water partition coefficient (Wildman–Crippen LogP) is 4.81. The number of aromatic nitrogens is 1. The Balaban J connectivity index is 1.75. The molecule has 0 radical (unpaired) electrons. The molecule has 0 bridgehead atoms. The van der Waals surface area contributed by atoms with Gasteiger partial charge in [0.2, 0.25) is 0 Å². The molecular weight excluding hydrogens is 313 g/mol. The molecule has 7 heteroatoms. The molecule has 0 unspecified atom stereocenters. The fourth-order valence-electron chi connectivity index (χ4n) is 1.95. The molecule has 114 valence electrons. The summed E-state index contributed by atoms with van der Waals surface area (Å²) < 4.78 is 41.2. The van der Waals surface area contributed by atoms with E-state index in [1.165, 1.54) is 29.5 Å². The Morgan fingerprint density at radius 1 is 1.09 bits per heavy atom. The minimum absolute atomic E-state index is 0.238. The smallest absolute Gasteiger partial charge is 0.406 e. The van der Waals surface area contributed by atoms with E-state index in [2.05, 4.69) is 15.0 Å². The van der Waals surface area contributed by atoms with E-state index in [-0.39, 0.29) is 5.75 Å². The lowest BCUT2D eigenvalue weighted by atomic mass is 10.2. The average Bonchev–Trinajstić information content (AvgIpc) is 2.86. The van der Waals surface area contributed by atoms with Crippen LogP contribution in [0.3, 0.4) is 0 Å². The van der Waals surface area contributed by atoms with Gasteiger partial charge in [0, 0.05) is 12.6 Å². The summed E-state index contributed by atoms with van der Waals surface area (Å²) in [6.45, 7) is 0.604. The number of ether oxygens (including phenoxy) is 1.